The SMILES string of the molecule is Cc1cccc(-c2nc3n(c2-c2ccnc(NCCN(C)C)c2)C2CC[C@H]3C2)n1. The van der Waals surface area contributed by atoms with Crippen molar-refractivity contribution in [2.45, 2.75) is 38.1 Å². The quantitative estimate of drug-likeness (QED) is 0.689. The summed E-state index contributed by atoms with van der Waals surface area (Å²) in [5.41, 5.74) is 5.34. The smallest absolute Gasteiger partial charge is 0.126 e. The molecule has 1 aliphatic heterocycles. The maximum Gasteiger partial charge on any atom is 0.126 e. The fraction of sp³-hybridized carbons (Fsp3) is 0.435. The number of nitrogens with zero attached hydrogens (tertiary/aromatic N) is 5. The highest BCUT2D eigenvalue weighted by atomic mass is 15.2. The third-order valence-electron chi connectivity index (χ3n) is 6.10. The lowest BCUT2D eigenvalue weighted by Crippen LogP contribution is -2.21. The van der Waals surface area contributed by atoms with E-state index >= 15 is 0 Å². The Morgan fingerprint density at radius 1 is 1.17 bits per heavy atom. The first-order valence-corrected chi connectivity index (χ1v) is 10.5. The summed E-state index contributed by atoms with van der Waals surface area (Å²) in [6.45, 7) is 3.87. The van der Waals surface area contributed by atoms with E-state index in [4.69, 9.17) is 9.97 Å². The second-order valence-corrected chi connectivity index (χ2v) is 8.53. The van der Waals surface area contributed by atoms with Gasteiger partial charge in [0.25, 0.3) is 0 Å². The van der Waals surface area contributed by atoms with Gasteiger partial charge >= 0.3 is 0 Å². The van der Waals surface area contributed by atoms with Crippen molar-refractivity contribution in [1.29, 1.82) is 0 Å². The number of pyridine rings is 2. The van der Waals surface area contributed by atoms with Gasteiger partial charge in [-0.25, -0.2) is 9.97 Å². The van der Waals surface area contributed by atoms with E-state index in [0.29, 0.717) is 12.0 Å². The minimum Gasteiger partial charge on any atom is -0.369 e. The standard InChI is InChI=1S/C23H28N6/c1-15-5-4-6-19(26-15)21-22(29-18-8-7-17(13-18)23(29)27-21)16-9-10-24-20(14-16)25-11-12-28(2)3/h4-6,9-10,14,17-18H,7-8,11-13H2,1-3H3,(H,24,25)/t17-,18?/m0/s1. The third-order valence-corrected chi connectivity index (χ3v) is 6.10. The summed E-state index contributed by atoms with van der Waals surface area (Å²) in [7, 11) is 4.16. The molecule has 1 saturated carbocycles. The van der Waals surface area contributed by atoms with Gasteiger partial charge in [0.1, 0.15) is 17.3 Å². The molecular formula is C23H28N6. The molecular weight excluding hydrogens is 360 g/mol. The maximum absolute atomic E-state index is 5.13. The van der Waals surface area contributed by atoms with E-state index in [9.17, 15) is 0 Å². The van der Waals surface area contributed by atoms with Gasteiger partial charge in [-0.15, -0.1) is 0 Å². The zero-order chi connectivity index (χ0) is 20.0. The van der Waals surface area contributed by atoms with Crippen LogP contribution in [0.1, 0.15) is 42.7 Å². The van der Waals surface area contributed by atoms with Crippen molar-refractivity contribution < 1.29 is 0 Å². The van der Waals surface area contributed by atoms with Crippen molar-refractivity contribution >= 4 is 5.82 Å². The van der Waals surface area contributed by atoms with E-state index in [2.05, 4.69) is 58.1 Å². The minimum absolute atomic E-state index is 0.564. The summed E-state index contributed by atoms with van der Waals surface area (Å²) in [6, 6.07) is 11.0. The van der Waals surface area contributed by atoms with Crippen molar-refractivity contribution in [2.75, 3.05) is 32.5 Å². The normalized spacial score (nSPS) is 19.7. The highest BCUT2D eigenvalue weighted by Gasteiger charge is 2.41. The average molecular weight is 389 g/mol. The molecule has 2 bridgehead atoms. The number of rotatable bonds is 6. The maximum atomic E-state index is 5.13. The summed E-state index contributed by atoms with van der Waals surface area (Å²) >= 11 is 0. The van der Waals surface area contributed by atoms with Gasteiger partial charge in [-0.1, -0.05) is 6.07 Å². The van der Waals surface area contributed by atoms with Crippen LogP contribution in [0.2, 0.25) is 0 Å². The van der Waals surface area contributed by atoms with Crippen LogP contribution in [0.25, 0.3) is 22.6 Å². The minimum atomic E-state index is 0.564. The predicted octanol–water partition coefficient (Wildman–Crippen LogP) is 4.11. The van der Waals surface area contributed by atoms with Gasteiger partial charge in [-0.05, 0) is 64.5 Å². The Morgan fingerprint density at radius 3 is 2.90 bits per heavy atom. The first kappa shape index (κ1) is 18.3. The van der Waals surface area contributed by atoms with Crippen LogP contribution in [-0.4, -0.2) is 51.6 Å². The van der Waals surface area contributed by atoms with E-state index in [1.54, 1.807) is 0 Å². The molecule has 6 nitrogen and oxygen atoms in total. The van der Waals surface area contributed by atoms with E-state index < -0.39 is 0 Å². The zero-order valence-electron chi connectivity index (χ0n) is 17.4. The molecule has 150 valence electrons. The Morgan fingerprint density at radius 2 is 2.07 bits per heavy atom. The molecule has 2 atom stereocenters. The number of aromatic nitrogens is 4. The molecule has 0 amide bonds. The molecule has 1 fully saturated rings. The number of imidazole rings is 1. The molecule has 29 heavy (non-hydrogen) atoms. The van der Waals surface area contributed by atoms with Crippen LogP contribution in [0.5, 0.6) is 0 Å². The van der Waals surface area contributed by atoms with Crippen LogP contribution >= 0.6 is 0 Å². The van der Waals surface area contributed by atoms with E-state index in [1.807, 2.05) is 19.2 Å². The van der Waals surface area contributed by atoms with Crippen molar-refractivity contribution in [3.63, 3.8) is 0 Å². The molecule has 1 N–H and O–H groups in total. The van der Waals surface area contributed by atoms with E-state index in [0.717, 1.165) is 41.6 Å². The fourth-order valence-corrected chi connectivity index (χ4v) is 4.75. The van der Waals surface area contributed by atoms with Crippen molar-refractivity contribution in [3.05, 3.63) is 48.0 Å². The third kappa shape index (κ3) is 3.31. The van der Waals surface area contributed by atoms with Gasteiger partial charge in [-0.3, -0.25) is 4.98 Å². The molecule has 3 aromatic heterocycles. The number of nitrogens with one attached hydrogen (secondary N) is 1. The second kappa shape index (κ2) is 7.26. The van der Waals surface area contributed by atoms with Crippen LogP contribution in [-0.2, 0) is 0 Å². The molecule has 0 aromatic carbocycles. The summed E-state index contributed by atoms with van der Waals surface area (Å²) < 4.78 is 2.49. The number of likely N-dealkylation sites (N-methyl/N-ethyl adjacent to an activating group) is 1. The molecule has 4 heterocycles. The number of aryl methyl sites for hydroxylation is 1. The predicted molar refractivity (Wildman–Crippen MR) is 116 cm³/mol. The van der Waals surface area contributed by atoms with Crippen LogP contribution in [0.3, 0.4) is 0 Å². The van der Waals surface area contributed by atoms with Gasteiger partial charge in [0, 0.05) is 42.5 Å². The Balaban J connectivity index is 1.59. The lowest BCUT2D eigenvalue weighted by molar-refractivity contribution is 0.425. The van der Waals surface area contributed by atoms with Crippen molar-refractivity contribution in [3.8, 4) is 22.6 Å². The lowest BCUT2D eigenvalue weighted by atomic mass is 10.1. The monoisotopic (exact) mass is 388 g/mol. The molecule has 1 unspecified atom stereocenters. The summed E-state index contributed by atoms with van der Waals surface area (Å²) in [5.74, 6) is 2.75. The van der Waals surface area contributed by atoms with Gasteiger partial charge in [0.05, 0.1) is 11.4 Å². The van der Waals surface area contributed by atoms with E-state index in [-0.39, 0.29) is 0 Å². The summed E-state index contributed by atoms with van der Waals surface area (Å²) in [5, 5.41) is 3.45. The van der Waals surface area contributed by atoms with E-state index in [1.165, 1.54) is 30.8 Å². The zero-order valence-corrected chi connectivity index (χ0v) is 17.4. The second-order valence-electron chi connectivity index (χ2n) is 8.53. The Labute approximate surface area is 172 Å². The highest BCUT2D eigenvalue weighted by Crippen LogP contribution is 2.52. The average Bonchev–Trinajstić information content (AvgIpc) is 3.40. The lowest BCUT2D eigenvalue weighted by Gasteiger charge is -2.18. The highest BCUT2D eigenvalue weighted by molar-refractivity contribution is 5.79. The van der Waals surface area contributed by atoms with Crippen LogP contribution in [0, 0.1) is 6.92 Å². The summed E-state index contributed by atoms with van der Waals surface area (Å²) in [6.07, 6.45) is 5.64. The first-order valence-electron chi connectivity index (χ1n) is 10.5. The number of fused-ring (bicyclic) bond motifs is 5. The molecule has 0 saturated heterocycles. The van der Waals surface area contributed by atoms with Crippen molar-refractivity contribution in [1.82, 2.24) is 24.4 Å². The van der Waals surface area contributed by atoms with Crippen LogP contribution in [0.4, 0.5) is 5.82 Å². The topological polar surface area (TPSA) is 58.9 Å². The molecule has 2 aliphatic rings. The Kier molecular flexibility index (Phi) is 4.59. The Hall–Kier alpha value is -2.73. The molecule has 1 aliphatic carbocycles. The van der Waals surface area contributed by atoms with Crippen LogP contribution < -0.4 is 5.32 Å². The van der Waals surface area contributed by atoms with Gasteiger partial charge in [0.15, 0.2) is 0 Å². The van der Waals surface area contributed by atoms with Crippen LogP contribution in [0.15, 0.2) is 36.5 Å². The number of hydrogen-bond donors (Lipinski definition) is 1. The largest absolute Gasteiger partial charge is 0.369 e. The summed E-state index contributed by atoms with van der Waals surface area (Å²) in [4.78, 5) is 16.6. The fourth-order valence-electron chi connectivity index (χ4n) is 4.75. The molecule has 3 aromatic rings. The number of hydrogen-bond acceptors (Lipinski definition) is 5. The Bertz CT molecular complexity index is 1040. The van der Waals surface area contributed by atoms with Gasteiger partial charge in [-0.2, -0.15) is 0 Å². The molecule has 0 radical (unpaired) electrons. The first-order chi connectivity index (χ1) is 14.1. The number of anilines is 1. The van der Waals surface area contributed by atoms with Gasteiger partial charge < -0.3 is 14.8 Å². The van der Waals surface area contributed by atoms with Crippen molar-refractivity contribution in [2.24, 2.45) is 0 Å². The molecule has 5 rings (SSSR count). The molecule has 0 spiro atoms. The van der Waals surface area contributed by atoms with Gasteiger partial charge in [0.2, 0.25) is 0 Å². The molecule has 6 heteroatoms.